The lowest BCUT2D eigenvalue weighted by atomic mass is 10.1. The molecule has 90 valence electrons. The van der Waals surface area contributed by atoms with Gasteiger partial charge in [-0.25, -0.2) is 15.0 Å². The summed E-state index contributed by atoms with van der Waals surface area (Å²) in [6.45, 7) is 0.0272. The molecule has 0 saturated carbocycles. The van der Waals surface area contributed by atoms with Crippen molar-refractivity contribution in [2.24, 2.45) is 7.05 Å². The lowest BCUT2D eigenvalue weighted by Crippen LogP contribution is -1.96. The molecule has 0 saturated heterocycles. The van der Waals surface area contributed by atoms with Gasteiger partial charge in [0, 0.05) is 18.6 Å². The second-order valence-electron chi connectivity index (χ2n) is 4.13. The lowest BCUT2D eigenvalue weighted by molar-refractivity contribution is 0.282. The van der Waals surface area contributed by atoms with Crippen LogP contribution in [0.2, 0.25) is 0 Å². The molecule has 0 aliphatic heterocycles. The van der Waals surface area contributed by atoms with Gasteiger partial charge in [0.05, 0.1) is 24.6 Å². The van der Waals surface area contributed by atoms with Crippen LogP contribution in [0.4, 0.5) is 0 Å². The standard InChI is InChI=1S/C13H12N4O/c1-17-8-14-6-12(17)13-15-5-10-4-9(7-18)2-3-11(10)16-13/h2-6,8,18H,7H2,1H3. The maximum atomic E-state index is 9.09. The van der Waals surface area contributed by atoms with Crippen molar-refractivity contribution < 1.29 is 5.11 Å². The van der Waals surface area contributed by atoms with E-state index in [2.05, 4.69) is 15.0 Å². The lowest BCUT2D eigenvalue weighted by Gasteiger charge is -2.04. The number of aromatic nitrogens is 4. The molecule has 0 bridgehead atoms. The third-order valence-electron chi connectivity index (χ3n) is 2.87. The molecule has 3 aromatic rings. The molecule has 0 atom stereocenters. The van der Waals surface area contributed by atoms with Crippen LogP contribution >= 0.6 is 0 Å². The van der Waals surface area contributed by atoms with Crippen molar-refractivity contribution in [3.8, 4) is 11.5 Å². The van der Waals surface area contributed by atoms with Gasteiger partial charge in [0.1, 0.15) is 5.69 Å². The zero-order valence-electron chi connectivity index (χ0n) is 9.91. The Bertz CT molecular complexity index is 705. The highest BCUT2D eigenvalue weighted by Gasteiger charge is 2.06. The number of aryl methyl sites for hydroxylation is 1. The van der Waals surface area contributed by atoms with Crippen LogP contribution in [0.25, 0.3) is 22.4 Å². The number of aliphatic hydroxyl groups is 1. The number of aliphatic hydroxyl groups excluding tert-OH is 1. The Balaban J connectivity index is 2.15. The van der Waals surface area contributed by atoms with E-state index in [-0.39, 0.29) is 6.61 Å². The molecule has 2 aromatic heterocycles. The van der Waals surface area contributed by atoms with E-state index < -0.39 is 0 Å². The largest absolute Gasteiger partial charge is 0.392 e. The van der Waals surface area contributed by atoms with E-state index in [1.165, 1.54) is 0 Å². The fourth-order valence-electron chi connectivity index (χ4n) is 1.88. The summed E-state index contributed by atoms with van der Waals surface area (Å²) in [7, 11) is 1.91. The average Bonchev–Trinajstić information content (AvgIpc) is 2.84. The highest BCUT2D eigenvalue weighted by atomic mass is 16.3. The van der Waals surface area contributed by atoms with Gasteiger partial charge in [-0.05, 0) is 17.7 Å². The number of benzene rings is 1. The summed E-state index contributed by atoms with van der Waals surface area (Å²) in [5.74, 6) is 0.652. The molecule has 3 rings (SSSR count). The molecular weight excluding hydrogens is 228 g/mol. The smallest absolute Gasteiger partial charge is 0.178 e. The predicted octanol–water partition coefficient (Wildman–Crippen LogP) is 1.52. The Morgan fingerprint density at radius 3 is 2.89 bits per heavy atom. The van der Waals surface area contributed by atoms with E-state index in [0.29, 0.717) is 5.82 Å². The maximum Gasteiger partial charge on any atom is 0.178 e. The maximum absolute atomic E-state index is 9.09. The van der Waals surface area contributed by atoms with E-state index in [1.807, 2.05) is 29.8 Å². The quantitative estimate of drug-likeness (QED) is 0.737. The first-order valence-electron chi connectivity index (χ1n) is 5.61. The highest BCUT2D eigenvalue weighted by Crippen LogP contribution is 2.18. The van der Waals surface area contributed by atoms with E-state index >= 15 is 0 Å². The predicted molar refractivity (Wildman–Crippen MR) is 67.7 cm³/mol. The summed E-state index contributed by atoms with van der Waals surface area (Å²) < 4.78 is 1.88. The van der Waals surface area contributed by atoms with Gasteiger partial charge in [-0.15, -0.1) is 0 Å². The Kier molecular flexibility index (Phi) is 2.53. The number of hydrogen-bond acceptors (Lipinski definition) is 4. The SMILES string of the molecule is Cn1cncc1-c1ncc2cc(CO)ccc2n1. The Labute approximate surface area is 104 Å². The van der Waals surface area contributed by atoms with Gasteiger partial charge in [-0.3, -0.25) is 0 Å². The minimum Gasteiger partial charge on any atom is -0.392 e. The van der Waals surface area contributed by atoms with Crippen LogP contribution < -0.4 is 0 Å². The minimum atomic E-state index is 0.0272. The Hall–Kier alpha value is -2.27. The van der Waals surface area contributed by atoms with Crippen LogP contribution in [0.3, 0.4) is 0 Å². The molecular formula is C13H12N4O. The van der Waals surface area contributed by atoms with E-state index in [4.69, 9.17) is 5.11 Å². The van der Waals surface area contributed by atoms with Crippen LogP contribution in [0, 0.1) is 0 Å². The summed E-state index contributed by atoms with van der Waals surface area (Å²) in [5.41, 5.74) is 2.60. The first-order valence-corrected chi connectivity index (χ1v) is 5.61. The van der Waals surface area contributed by atoms with E-state index in [1.54, 1.807) is 18.7 Å². The van der Waals surface area contributed by atoms with Crippen LogP contribution in [-0.2, 0) is 13.7 Å². The van der Waals surface area contributed by atoms with Gasteiger partial charge in [0.25, 0.3) is 0 Å². The van der Waals surface area contributed by atoms with Gasteiger partial charge in [0.15, 0.2) is 5.82 Å². The molecule has 5 heteroatoms. The van der Waals surface area contributed by atoms with Gasteiger partial charge in [-0.1, -0.05) is 6.07 Å². The topological polar surface area (TPSA) is 63.8 Å². The van der Waals surface area contributed by atoms with Crippen molar-refractivity contribution in [2.45, 2.75) is 6.61 Å². The molecule has 0 aliphatic carbocycles. The van der Waals surface area contributed by atoms with Crippen molar-refractivity contribution in [3.63, 3.8) is 0 Å². The molecule has 18 heavy (non-hydrogen) atoms. The fourth-order valence-corrected chi connectivity index (χ4v) is 1.88. The summed E-state index contributed by atoms with van der Waals surface area (Å²) in [6, 6.07) is 5.65. The van der Waals surface area contributed by atoms with Crippen molar-refractivity contribution in [3.05, 3.63) is 42.5 Å². The molecule has 2 heterocycles. The van der Waals surface area contributed by atoms with Crippen LogP contribution in [0.1, 0.15) is 5.56 Å². The molecule has 0 radical (unpaired) electrons. The van der Waals surface area contributed by atoms with Crippen LogP contribution in [-0.4, -0.2) is 24.6 Å². The van der Waals surface area contributed by atoms with Gasteiger partial charge in [0.2, 0.25) is 0 Å². The molecule has 1 aromatic carbocycles. The van der Waals surface area contributed by atoms with E-state index in [0.717, 1.165) is 22.2 Å². The zero-order chi connectivity index (χ0) is 12.5. The van der Waals surface area contributed by atoms with Gasteiger partial charge in [-0.2, -0.15) is 0 Å². The van der Waals surface area contributed by atoms with Crippen molar-refractivity contribution in [1.82, 2.24) is 19.5 Å². The number of rotatable bonds is 2. The van der Waals surface area contributed by atoms with Gasteiger partial charge >= 0.3 is 0 Å². The number of imidazole rings is 1. The summed E-state index contributed by atoms with van der Waals surface area (Å²) in [6.07, 6.45) is 5.23. The Morgan fingerprint density at radius 1 is 1.28 bits per heavy atom. The van der Waals surface area contributed by atoms with E-state index in [9.17, 15) is 0 Å². The first-order chi connectivity index (χ1) is 8.78. The summed E-state index contributed by atoms with van der Waals surface area (Å²) in [4.78, 5) is 12.9. The highest BCUT2D eigenvalue weighted by molar-refractivity contribution is 5.79. The van der Waals surface area contributed by atoms with Crippen LogP contribution in [0.5, 0.6) is 0 Å². The minimum absolute atomic E-state index is 0.0272. The summed E-state index contributed by atoms with van der Waals surface area (Å²) >= 11 is 0. The van der Waals surface area contributed by atoms with Crippen LogP contribution in [0.15, 0.2) is 36.9 Å². The average molecular weight is 240 g/mol. The zero-order valence-corrected chi connectivity index (χ0v) is 9.91. The monoisotopic (exact) mass is 240 g/mol. The third-order valence-corrected chi connectivity index (χ3v) is 2.87. The second-order valence-corrected chi connectivity index (χ2v) is 4.13. The Morgan fingerprint density at radius 2 is 2.17 bits per heavy atom. The molecule has 0 unspecified atom stereocenters. The van der Waals surface area contributed by atoms with Crippen molar-refractivity contribution >= 4 is 10.9 Å². The molecule has 0 spiro atoms. The number of nitrogens with zero attached hydrogens (tertiary/aromatic N) is 4. The molecule has 0 fully saturated rings. The second kappa shape index (κ2) is 4.19. The number of fused-ring (bicyclic) bond motifs is 1. The molecule has 0 amide bonds. The normalized spacial score (nSPS) is 11.0. The van der Waals surface area contributed by atoms with Crippen molar-refractivity contribution in [1.29, 1.82) is 0 Å². The third kappa shape index (κ3) is 1.74. The molecule has 5 nitrogen and oxygen atoms in total. The first kappa shape index (κ1) is 10.9. The fraction of sp³-hybridized carbons (Fsp3) is 0.154. The molecule has 0 aliphatic rings. The van der Waals surface area contributed by atoms with Crippen molar-refractivity contribution in [2.75, 3.05) is 0 Å². The molecule has 1 N–H and O–H groups in total. The summed E-state index contributed by atoms with van der Waals surface area (Å²) in [5, 5.41) is 10.0. The number of hydrogen-bond donors (Lipinski definition) is 1. The van der Waals surface area contributed by atoms with Gasteiger partial charge < -0.3 is 9.67 Å².